The summed E-state index contributed by atoms with van der Waals surface area (Å²) in [6.07, 6.45) is -2.30. The summed E-state index contributed by atoms with van der Waals surface area (Å²) in [7, 11) is 0. The zero-order valence-corrected chi connectivity index (χ0v) is 10.9. The Morgan fingerprint density at radius 3 is 2.95 bits per heavy atom. The second-order valence-electron chi connectivity index (χ2n) is 4.31. The molecule has 0 spiro atoms. The van der Waals surface area contributed by atoms with Crippen LogP contribution in [0.25, 0.3) is 0 Å². The van der Waals surface area contributed by atoms with Crippen molar-refractivity contribution in [1.29, 1.82) is 0 Å². The van der Waals surface area contributed by atoms with Crippen molar-refractivity contribution in [3.8, 4) is 0 Å². The summed E-state index contributed by atoms with van der Waals surface area (Å²) in [4.78, 5) is 15.1. The minimum atomic E-state index is -4.40. The Kier molecular flexibility index (Phi) is 4.41. The Bertz CT molecular complexity index is 441. The molecule has 1 amide bonds. The second-order valence-corrected chi connectivity index (χ2v) is 5.26. The number of hydrogen-bond donors (Lipinski definition) is 2. The highest BCUT2D eigenvalue weighted by Crippen LogP contribution is 2.29. The number of aromatic nitrogens is 1. The number of thiazole rings is 1. The molecule has 1 aromatic heterocycles. The number of rotatable bonds is 4. The van der Waals surface area contributed by atoms with Gasteiger partial charge in [-0.05, 0) is 19.4 Å². The molecule has 0 unspecified atom stereocenters. The molecule has 1 aromatic rings. The van der Waals surface area contributed by atoms with Crippen molar-refractivity contribution in [2.24, 2.45) is 0 Å². The number of alkyl halides is 3. The summed E-state index contributed by atoms with van der Waals surface area (Å²) < 4.78 is 37.0. The van der Waals surface area contributed by atoms with Crippen LogP contribution in [-0.2, 0) is 17.4 Å². The fourth-order valence-electron chi connectivity index (χ4n) is 1.88. The molecular weight excluding hydrogens is 279 g/mol. The lowest BCUT2D eigenvalue weighted by molar-refractivity contribution is -0.140. The molecule has 8 heteroatoms. The number of nitrogens with one attached hydrogen (secondary N) is 2. The van der Waals surface area contributed by atoms with Gasteiger partial charge < -0.3 is 10.6 Å². The highest BCUT2D eigenvalue weighted by atomic mass is 32.1. The van der Waals surface area contributed by atoms with Gasteiger partial charge in [-0.25, -0.2) is 4.98 Å². The van der Waals surface area contributed by atoms with E-state index in [1.807, 2.05) is 0 Å². The molecule has 106 valence electrons. The molecule has 1 saturated heterocycles. The van der Waals surface area contributed by atoms with E-state index in [1.54, 1.807) is 0 Å². The van der Waals surface area contributed by atoms with Gasteiger partial charge >= 0.3 is 6.18 Å². The van der Waals surface area contributed by atoms with Crippen LogP contribution in [0.3, 0.4) is 0 Å². The van der Waals surface area contributed by atoms with Gasteiger partial charge in [0.05, 0.1) is 11.0 Å². The maximum Gasteiger partial charge on any atom is 0.434 e. The maximum atomic E-state index is 12.3. The summed E-state index contributed by atoms with van der Waals surface area (Å²) in [5.74, 6) is -0.0925. The maximum absolute atomic E-state index is 12.3. The van der Waals surface area contributed by atoms with Crippen LogP contribution in [0.1, 0.15) is 23.5 Å². The topological polar surface area (TPSA) is 54.0 Å². The Hall–Kier alpha value is -1.15. The summed E-state index contributed by atoms with van der Waals surface area (Å²) in [6.45, 7) is 1.14. The van der Waals surface area contributed by atoms with E-state index < -0.39 is 11.9 Å². The van der Waals surface area contributed by atoms with Crippen molar-refractivity contribution < 1.29 is 18.0 Å². The Morgan fingerprint density at radius 1 is 1.58 bits per heavy atom. The molecule has 1 aliphatic heterocycles. The minimum Gasteiger partial charge on any atom is -0.354 e. The molecule has 4 nitrogen and oxygen atoms in total. The SMILES string of the molecule is O=C(NCCc1nc(C(F)(F)F)cs1)[C@H]1CCCN1. The standard InChI is InChI=1S/C11H14F3N3OS/c12-11(13,14)8-6-19-9(17-8)3-5-16-10(18)7-2-1-4-15-7/h6-7,15H,1-5H2,(H,16,18)/t7-/m1/s1. The van der Waals surface area contributed by atoms with Crippen LogP contribution in [0, 0.1) is 0 Å². The van der Waals surface area contributed by atoms with Crippen molar-refractivity contribution in [2.75, 3.05) is 13.1 Å². The molecule has 1 aliphatic rings. The average Bonchev–Trinajstić information content (AvgIpc) is 2.99. The first-order valence-corrected chi connectivity index (χ1v) is 6.87. The largest absolute Gasteiger partial charge is 0.434 e. The van der Waals surface area contributed by atoms with Crippen LogP contribution in [0.5, 0.6) is 0 Å². The molecule has 2 N–H and O–H groups in total. The van der Waals surface area contributed by atoms with Crippen LogP contribution in [0.2, 0.25) is 0 Å². The van der Waals surface area contributed by atoms with E-state index in [2.05, 4.69) is 15.6 Å². The van der Waals surface area contributed by atoms with Crippen LogP contribution in [0.15, 0.2) is 5.38 Å². The summed E-state index contributed by atoms with van der Waals surface area (Å²) in [6, 6.07) is -0.165. The smallest absolute Gasteiger partial charge is 0.354 e. The summed E-state index contributed by atoms with van der Waals surface area (Å²) in [5, 5.41) is 7.14. The van der Waals surface area contributed by atoms with Crippen LogP contribution in [-0.4, -0.2) is 30.0 Å². The van der Waals surface area contributed by atoms with Gasteiger partial charge in [0.2, 0.25) is 5.91 Å². The van der Waals surface area contributed by atoms with Gasteiger partial charge in [-0.15, -0.1) is 11.3 Å². The van der Waals surface area contributed by atoms with E-state index in [0.717, 1.165) is 36.1 Å². The number of nitrogens with zero attached hydrogens (tertiary/aromatic N) is 1. The van der Waals surface area contributed by atoms with Crippen molar-refractivity contribution in [3.63, 3.8) is 0 Å². The molecule has 1 fully saturated rings. The number of hydrogen-bond acceptors (Lipinski definition) is 4. The predicted molar refractivity (Wildman–Crippen MR) is 64.9 cm³/mol. The fraction of sp³-hybridized carbons (Fsp3) is 0.636. The van der Waals surface area contributed by atoms with E-state index in [-0.39, 0.29) is 11.9 Å². The zero-order chi connectivity index (χ0) is 13.9. The summed E-state index contributed by atoms with van der Waals surface area (Å²) >= 11 is 0.962. The monoisotopic (exact) mass is 293 g/mol. The van der Waals surface area contributed by atoms with Gasteiger partial charge in [-0.3, -0.25) is 4.79 Å². The van der Waals surface area contributed by atoms with Crippen molar-refractivity contribution in [2.45, 2.75) is 31.5 Å². The molecule has 0 aromatic carbocycles. The van der Waals surface area contributed by atoms with Gasteiger partial charge in [-0.1, -0.05) is 0 Å². The predicted octanol–water partition coefficient (Wildman–Crippen LogP) is 1.57. The lowest BCUT2D eigenvalue weighted by atomic mass is 10.2. The fourth-order valence-corrected chi connectivity index (χ4v) is 2.69. The third-order valence-corrected chi connectivity index (χ3v) is 3.77. The van der Waals surface area contributed by atoms with E-state index in [9.17, 15) is 18.0 Å². The first-order valence-electron chi connectivity index (χ1n) is 5.99. The number of amides is 1. The molecule has 0 radical (unpaired) electrons. The number of halogens is 3. The normalized spacial score (nSPS) is 19.6. The average molecular weight is 293 g/mol. The molecule has 0 bridgehead atoms. The molecule has 19 heavy (non-hydrogen) atoms. The van der Waals surface area contributed by atoms with Gasteiger partial charge in [0, 0.05) is 18.3 Å². The zero-order valence-electron chi connectivity index (χ0n) is 10.1. The van der Waals surface area contributed by atoms with E-state index in [4.69, 9.17) is 0 Å². The van der Waals surface area contributed by atoms with Gasteiger partial charge in [-0.2, -0.15) is 13.2 Å². The summed E-state index contributed by atoms with van der Waals surface area (Å²) in [5.41, 5.74) is -0.865. The lowest BCUT2D eigenvalue weighted by Crippen LogP contribution is -2.41. The number of carbonyl (C=O) groups is 1. The molecule has 2 heterocycles. The van der Waals surface area contributed by atoms with Crippen molar-refractivity contribution in [1.82, 2.24) is 15.6 Å². The number of carbonyl (C=O) groups excluding carboxylic acids is 1. The highest BCUT2D eigenvalue weighted by molar-refractivity contribution is 7.09. The van der Waals surface area contributed by atoms with Gasteiger partial charge in [0.1, 0.15) is 0 Å². The van der Waals surface area contributed by atoms with Gasteiger partial charge in [0.15, 0.2) is 5.69 Å². The Labute approximate surface area is 112 Å². The molecular formula is C11H14F3N3OS. The molecule has 1 atom stereocenters. The van der Waals surface area contributed by atoms with Crippen LogP contribution in [0.4, 0.5) is 13.2 Å². The van der Waals surface area contributed by atoms with Crippen molar-refractivity contribution in [3.05, 3.63) is 16.1 Å². The quantitative estimate of drug-likeness (QED) is 0.886. The first kappa shape index (κ1) is 14.3. The van der Waals surface area contributed by atoms with E-state index >= 15 is 0 Å². The van der Waals surface area contributed by atoms with E-state index in [1.165, 1.54) is 0 Å². The molecule has 0 saturated carbocycles. The Balaban J connectivity index is 1.76. The highest BCUT2D eigenvalue weighted by Gasteiger charge is 2.33. The Morgan fingerprint density at radius 2 is 2.37 bits per heavy atom. The van der Waals surface area contributed by atoms with E-state index in [0.29, 0.717) is 18.0 Å². The van der Waals surface area contributed by atoms with Crippen LogP contribution < -0.4 is 10.6 Å². The first-order chi connectivity index (χ1) is 8.97. The molecule has 2 rings (SSSR count). The third-order valence-electron chi connectivity index (χ3n) is 2.86. The van der Waals surface area contributed by atoms with Gasteiger partial charge in [0.25, 0.3) is 0 Å². The van der Waals surface area contributed by atoms with Crippen LogP contribution >= 0.6 is 11.3 Å². The second kappa shape index (κ2) is 5.87. The third kappa shape index (κ3) is 3.90. The molecule has 0 aliphatic carbocycles. The lowest BCUT2D eigenvalue weighted by Gasteiger charge is -2.10. The van der Waals surface area contributed by atoms with Crippen molar-refractivity contribution >= 4 is 17.2 Å². The minimum absolute atomic E-state index is 0.0925.